The Kier molecular flexibility index (Phi) is 5.54. The van der Waals surface area contributed by atoms with E-state index in [1.54, 1.807) is 0 Å². The summed E-state index contributed by atoms with van der Waals surface area (Å²) in [6, 6.07) is 0. The number of rotatable bonds is 3. The van der Waals surface area contributed by atoms with Crippen molar-refractivity contribution in [1.29, 1.82) is 0 Å². The number of amides is 1. The van der Waals surface area contributed by atoms with Crippen LogP contribution in [0.25, 0.3) is 0 Å². The van der Waals surface area contributed by atoms with E-state index in [1.165, 1.54) is 37.4 Å². The van der Waals surface area contributed by atoms with Crippen molar-refractivity contribution in [3.63, 3.8) is 0 Å². The van der Waals surface area contributed by atoms with Crippen molar-refractivity contribution in [3.8, 4) is 0 Å². The SMILES string of the molecule is C[C@H](CC1SC(N)=NC1=O)C1CCC2C3C(O)C[C@@H]4C[C@H](O)CC[C@]4(C)C3CC[C@@]21C. The molecule has 1 amide bonds. The molecule has 4 fully saturated rings. The molecule has 0 radical (unpaired) electrons. The predicted molar refractivity (Wildman–Crippen MR) is 124 cm³/mol. The van der Waals surface area contributed by atoms with E-state index in [2.05, 4.69) is 25.8 Å². The lowest BCUT2D eigenvalue weighted by atomic mass is 9.43. The summed E-state index contributed by atoms with van der Waals surface area (Å²) in [5.74, 6) is 3.02. The topological polar surface area (TPSA) is 95.9 Å². The standard InChI is InChI=1S/C25H40N2O3S/c1-13(10-20-22(30)27-23(26)31-20)16-4-5-17-21-18(7-9-25(16,17)3)24(2)8-6-15(28)11-14(24)12-19(21)29/h13-21,28-29H,4-12H2,1-3H3,(H2,26,27,30)/t13-,14+,15-,16?,17?,18?,19?,20?,21?,24+,25-/m1/s1. The lowest BCUT2D eigenvalue weighted by molar-refractivity contribution is -0.174. The summed E-state index contributed by atoms with van der Waals surface area (Å²) < 4.78 is 0. The number of aliphatic hydroxyl groups is 2. The van der Waals surface area contributed by atoms with Crippen LogP contribution in [-0.4, -0.2) is 38.7 Å². The predicted octanol–water partition coefficient (Wildman–Crippen LogP) is 3.96. The molecule has 4 N–H and O–H groups in total. The molecule has 5 nitrogen and oxygen atoms in total. The van der Waals surface area contributed by atoms with Crippen molar-refractivity contribution in [2.24, 2.45) is 57.1 Å². The average molecular weight is 449 g/mol. The van der Waals surface area contributed by atoms with E-state index in [1.807, 2.05) is 0 Å². The highest BCUT2D eigenvalue weighted by atomic mass is 32.2. The third-order valence-electron chi connectivity index (χ3n) is 10.8. The van der Waals surface area contributed by atoms with Crippen molar-refractivity contribution in [1.82, 2.24) is 0 Å². The summed E-state index contributed by atoms with van der Waals surface area (Å²) in [4.78, 5) is 16.1. The molecule has 174 valence electrons. The van der Waals surface area contributed by atoms with Gasteiger partial charge in [-0.3, -0.25) is 4.79 Å². The van der Waals surface area contributed by atoms with Crippen LogP contribution in [0.5, 0.6) is 0 Å². The zero-order chi connectivity index (χ0) is 22.1. The summed E-state index contributed by atoms with van der Waals surface area (Å²) in [6.45, 7) is 7.28. The molecule has 0 aromatic rings. The van der Waals surface area contributed by atoms with Gasteiger partial charge >= 0.3 is 0 Å². The zero-order valence-electron chi connectivity index (χ0n) is 19.3. The van der Waals surface area contributed by atoms with Crippen molar-refractivity contribution in [2.75, 3.05) is 0 Å². The van der Waals surface area contributed by atoms with Gasteiger partial charge in [-0.1, -0.05) is 32.5 Å². The molecule has 5 aliphatic rings. The zero-order valence-corrected chi connectivity index (χ0v) is 20.1. The Bertz CT molecular complexity index is 774. The Hall–Kier alpha value is -0.590. The molecular formula is C25H40N2O3S. The molecule has 4 saturated carbocycles. The second-order valence-electron chi connectivity index (χ2n) is 12.1. The number of nitrogens with two attached hydrogens (primary N) is 1. The number of nitrogens with zero attached hydrogens (tertiary/aromatic N) is 1. The van der Waals surface area contributed by atoms with Gasteiger partial charge < -0.3 is 15.9 Å². The maximum Gasteiger partial charge on any atom is 0.261 e. The quantitative estimate of drug-likeness (QED) is 0.607. The maximum atomic E-state index is 12.2. The molecule has 6 heteroatoms. The molecule has 1 aliphatic heterocycles. The van der Waals surface area contributed by atoms with Crippen molar-refractivity contribution >= 4 is 22.8 Å². The Balaban J connectivity index is 1.34. The fourth-order valence-electron chi connectivity index (χ4n) is 9.23. The summed E-state index contributed by atoms with van der Waals surface area (Å²) in [7, 11) is 0. The van der Waals surface area contributed by atoms with Crippen LogP contribution in [-0.2, 0) is 4.79 Å². The first-order valence-electron chi connectivity index (χ1n) is 12.5. The van der Waals surface area contributed by atoms with Crippen molar-refractivity contribution in [3.05, 3.63) is 0 Å². The van der Waals surface area contributed by atoms with Gasteiger partial charge in [0.2, 0.25) is 0 Å². The lowest BCUT2D eigenvalue weighted by Crippen LogP contribution is -2.58. The molecule has 0 saturated heterocycles. The van der Waals surface area contributed by atoms with Gasteiger partial charge in [-0.05, 0) is 104 Å². The summed E-state index contributed by atoms with van der Waals surface area (Å²) in [5, 5.41) is 21.9. The van der Waals surface area contributed by atoms with E-state index in [9.17, 15) is 15.0 Å². The van der Waals surface area contributed by atoms with E-state index in [4.69, 9.17) is 5.73 Å². The number of hydrogen-bond donors (Lipinski definition) is 3. The minimum atomic E-state index is -0.229. The first-order valence-corrected chi connectivity index (χ1v) is 13.4. The van der Waals surface area contributed by atoms with Crippen LogP contribution in [0, 0.1) is 46.3 Å². The normalized spacial score (nSPS) is 52.8. The Morgan fingerprint density at radius 3 is 2.52 bits per heavy atom. The van der Waals surface area contributed by atoms with Gasteiger partial charge in [-0.15, -0.1) is 0 Å². The van der Waals surface area contributed by atoms with Gasteiger partial charge in [-0.25, -0.2) is 0 Å². The monoisotopic (exact) mass is 448 g/mol. The summed E-state index contributed by atoms with van der Waals surface area (Å²) in [5.41, 5.74) is 6.31. The largest absolute Gasteiger partial charge is 0.393 e. The highest BCUT2D eigenvalue weighted by Crippen LogP contribution is 2.68. The van der Waals surface area contributed by atoms with Crippen LogP contribution in [0.2, 0.25) is 0 Å². The van der Waals surface area contributed by atoms with Crippen LogP contribution in [0.4, 0.5) is 0 Å². The number of amidine groups is 1. The van der Waals surface area contributed by atoms with Crippen molar-refractivity contribution < 1.29 is 15.0 Å². The minimum Gasteiger partial charge on any atom is -0.393 e. The summed E-state index contributed by atoms with van der Waals surface area (Å²) in [6.07, 6.45) is 9.07. The van der Waals surface area contributed by atoms with Gasteiger partial charge in [0, 0.05) is 0 Å². The molecule has 6 unspecified atom stereocenters. The number of aliphatic hydroxyl groups excluding tert-OH is 2. The molecule has 1 heterocycles. The van der Waals surface area contributed by atoms with Crippen LogP contribution >= 0.6 is 11.8 Å². The second kappa shape index (κ2) is 7.73. The van der Waals surface area contributed by atoms with Crippen LogP contribution in [0.1, 0.15) is 78.6 Å². The maximum absolute atomic E-state index is 12.2. The van der Waals surface area contributed by atoms with E-state index in [0.717, 1.165) is 32.1 Å². The van der Waals surface area contributed by atoms with E-state index < -0.39 is 0 Å². The molecule has 5 rings (SSSR count). The molecule has 11 atom stereocenters. The first-order chi connectivity index (χ1) is 14.6. The number of carbonyl (C=O) groups excluding carboxylic acids is 1. The third kappa shape index (κ3) is 3.42. The molecule has 0 aromatic carbocycles. The van der Waals surface area contributed by atoms with Crippen LogP contribution < -0.4 is 5.73 Å². The highest BCUT2D eigenvalue weighted by Gasteiger charge is 2.63. The lowest BCUT2D eigenvalue weighted by Gasteiger charge is -2.62. The minimum absolute atomic E-state index is 0.0566. The van der Waals surface area contributed by atoms with Crippen molar-refractivity contribution in [2.45, 2.75) is 96.0 Å². The van der Waals surface area contributed by atoms with Gasteiger partial charge in [0.25, 0.3) is 5.91 Å². The van der Waals surface area contributed by atoms with E-state index >= 15 is 0 Å². The number of aliphatic imine (C=N–C) groups is 1. The third-order valence-corrected chi connectivity index (χ3v) is 11.8. The Morgan fingerprint density at radius 1 is 1.10 bits per heavy atom. The first kappa shape index (κ1) is 22.2. The van der Waals surface area contributed by atoms with E-state index in [0.29, 0.717) is 40.7 Å². The summed E-state index contributed by atoms with van der Waals surface area (Å²) >= 11 is 1.44. The van der Waals surface area contributed by atoms with Crippen LogP contribution in [0.15, 0.2) is 4.99 Å². The Morgan fingerprint density at radius 2 is 1.81 bits per heavy atom. The molecule has 0 spiro atoms. The van der Waals surface area contributed by atoms with Gasteiger partial charge in [0.15, 0.2) is 5.17 Å². The smallest absolute Gasteiger partial charge is 0.261 e. The molecule has 4 aliphatic carbocycles. The highest BCUT2D eigenvalue weighted by molar-refractivity contribution is 8.15. The van der Waals surface area contributed by atoms with Crippen LogP contribution in [0.3, 0.4) is 0 Å². The molecule has 0 bridgehead atoms. The van der Waals surface area contributed by atoms with Gasteiger partial charge in [-0.2, -0.15) is 4.99 Å². The number of carbonyl (C=O) groups is 1. The molecule has 0 aromatic heterocycles. The Labute approximate surface area is 191 Å². The van der Waals surface area contributed by atoms with Gasteiger partial charge in [0.05, 0.1) is 17.5 Å². The van der Waals surface area contributed by atoms with E-state index in [-0.39, 0.29) is 34.2 Å². The molecular weight excluding hydrogens is 408 g/mol. The van der Waals surface area contributed by atoms with Gasteiger partial charge in [0.1, 0.15) is 0 Å². The number of hydrogen-bond acceptors (Lipinski definition) is 5. The fraction of sp³-hybridized carbons (Fsp3) is 0.920. The number of thioether (sulfide) groups is 1. The average Bonchev–Trinajstić information content (AvgIpc) is 3.21. The fourth-order valence-corrected chi connectivity index (χ4v) is 10.2. The molecule has 31 heavy (non-hydrogen) atoms. The second-order valence-corrected chi connectivity index (χ2v) is 13.3. The number of fused-ring (bicyclic) bond motifs is 5.